The number of hydrogen-bond acceptors (Lipinski definition) is 6. The quantitative estimate of drug-likeness (QED) is 0.217. The van der Waals surface area contributed by atoms with Crippen LogP contribution in [0.1, 0.15) is 22.3 Å². The van der Waals surface area contributed by atoms with E-state index < -0.39 is 5.79 Å². The standard InChI is InChI=1S/C33H36Cl2N4O3/c1-24-3-4-25(2)26(17-24)19-37-13-15-39(16-14-37)28-6-8-29(9-7-28)40-20-30-21-41-33(42-30,22-38-12-11-36-23-38)31-10-5-27(34)18-32(31)35/h3-12,17-18,23,30H,13-16,19-22H2,1-2H3. The summed E-state index contributed by atoms with van der Waals surface area (Å²) in [6.07, 6.45) is 5.05. The highest BCUT2D eigenvalue weighted by Crippen LogP contribution is 2.40. The van der Waals surface area contributed by atoms with Gasteiger partial charge in [0.05, 0.1) is 24.5 Å². The van der Waals surface area contributed by atoms with E-state index in [9.17, 15) is 0 Å². The summed E-state index contributed by atoms with van der Waals surface area (Å²) in [5.41, 5.74) is 6.06. The number of piperazine rings is 1. The minimum atomic E-state index is -1.07. The first-order valence-electron chi connectivity index (χ1n) is 14.4. The van der Waals surface area contributed by atoms with Gasteiger partial charge in [-0.3, -0.25) is 4.90 Å². The zero-order valence-corrected chi connectivity index (χ0v) is 25.5. The Morgan fingerprint density at radius 1 is 0.976 bits per heavy atom. The van der Waals surface area contributed by atoms with Gasteiger partial charge in [0.25, 0.3) is 0 Å². The minimum Gasteiger partial charge on any atom is -0.491 e. The maximum absolute atomic E-state index is 6.59. The Hall–Kier alpha value is -3.07. The molecule has 2 unspecified atom stereocenters. The molecule has 42 heavy (non-hydrogen) atoms. The highest BCUT2D eigenvalue weighted by atomic mass is 35.5. The minimum absolute atomic E-state index is 0.273. The van der Waals surface area contributed by atoms with Gasteiger partial charge in [-0.25, -0.2) is 4.98 Å². The zero-order valence-electron chi connectivity index (χ0n) is 24.0. The summed E-state index contributed by atoms with van der Waals surface area (Å²) in [6.45, 7) is 10.6. The van der Waals surface area contributed by atoms with Crippen LogP contribution in [-0.4, -0.2) is 59.9 Å². The summed E-state index contributed by atoms with van der Waals surface area (Å²) >= 11 is 12.7. The Kier molecular flexibility index (Phi) is 8.75. The van der Waals surface area contributed by atoms with Crippen LogP contribution < -0.4 is 9.64 Å². The summed E-state index contributed by atoms with van der Waals surface area (Å²) in [7, 11) is 0. The van der Waals surface area contributed by atoms with Gasteiger partial charge in [-0.15, -0.1) is 0 Å². The summed E-state index contributed by atoms with van der Waals surface area (Å²) < 4.78 is 20.8. The molecule has 3 heterocycles. The lowest BCUT2D eigenvalue weighted by atomic mass is 10.0. The summed E-state index contributed by atoms with van der Waals surface area (Å²) in [6, 6.07) is 20.4. The van der Waals surface area contributed by atoms with Gasteiger partial charge >= 0.3 is 0 Å². The molecule has 9 heteroatoms. The number of rotatable bonds is 9. The molecule has 220 valence electrons. The van der Waals surface area contributed by atoms with E-state index in [1.54, 1.807) is 24.7 Å². The first kappa shape index (κ1) is 29.0. The van der Waals surface area contributed by atoms with E-state index in [4.69, 9.17) is 37.4 Å². The Labute approximate surface area is 257 Å². The number of aromatic nitrogens is 2. The van der Waals surface area contributed by atoms with Crippen molar-refractivity contribution >= 4 is 28.9 Å². The van der Waals surface area contributed by atoms with Gasteiger partial charge in [0, 0.05) is 61.4 Å². The molecule has 4 aromatic rings. The first-order valence-corrected chi connectivity index (χ1v) is 15.1. The van der Waals surface area contributed by atoms with E-state index in [0.29, 0.717) is 29.8 Å². The van der Waals surface area contributed by atoms with Crippen molar-refractivity contribution in [2.75, 3.05) is 44.3 Å². The number of imidazole rings is 1. The van der Waals surface area contributed by atoms with Crippen molar-refractivity contribution in [2.24, 2.45) is 0 Å². The lowest BCUT2D eigenvalue weighted by Crippen LogP contribution is -2.46. The van der Waals surface area contributed by atoms with Gasteiger partial charge < -0.3 is 23.7 Å². The van der Waals surface area contributed by atoms with Crippen LogP contribution in [0.15, 0.2) is 79.4 Å². The van der Waals surface area contributed by atoms with Gasteiger partial charge in [0.2, 0.25) is 5.79 Å². The molecule has 1 aromatic heterocycles. The number of aryl methyl sites for hydroxylation is 2. The Balaban J connectivity index is 1.03. The molecule has 0 bridgehead atoms. The van der Waals surface area contributed by atoms with Crippen LogP contribution in [0.4, 0.5) is 5.69 Å². The van der Waals surface area contributed by atoms with Gasteiger partial charge in [-0.05, 0) is 61.4 Å². The van der Waals surface area contributed by atoms with Crippen LogP contribution in [0.25, 0.3) is 0 Å². The fraction of sp³-hybridized carbons (Fsp3) is 0.364. The molecule has 0 radical (unpaired) electrons. The number of anilines is 1. The Bertz CT molecular complexity index is 1490. The van der Waals surface area contributed by atoms with E-state index >= 15 is 0 Å². The second kappa shape index (κ2) is 12.7. The fourth-order valence-electron chi connectivity index (χ4n) is 5.69. The number of nitrogens with zero attached hydrogens (tertiary/aromatic N) is 4. The monoisotopic (exact) mass is 606 g/mol. The fourth-order valence-corrected chi connectivity index (χ4v) is 6.25. The van der Waals surface area contributed by atoms with E-state index in [1.165, 1.54) is 22.4 Å². The van der Waals surface area contributed by atoms with Crippen LogP contribution in [0.5, 0.6) is 5.75 Å². The predicted octanol–water partition coefficient (Wildman–Crippen LogP) is 6.48. The third kappa shape index (κ3) is 6.61. The Morgan fingerprint density at radius 3 is 2.52 bits per heavy atom. The average molecular weight is 608 g/mol. The maximum Gasteiger partial charge on any atom is 0.215 e. The topological polar surface area (TPSA) is 52.0 Å². The van der Waals surface area contributed by atoms with Gasteiger partial charge in [0.15, 0.2) is 0 Å². The van der Waals surface area contributed by atoms with E-state index in [-0.39, 0.29) is 6.10 Å². The molecule has 0 spiro atoms. The van der Waals surface area contributed by atoms with Crippen molar-refractivity contribution < 1.29 is 14.2 Å². The van der Waals surface area contributed by atoms with E-state index in [0.717, 1.165) is 44.0 Å². The summed E-state index contributed by atoms with van der Waals surface area (Å²) in [4.78, 5) is 9.14. The van der Waals surface area contributed by atoms with Crippen molar-refractivity contribution in [3.8, 4) is 5.75 Å². The second-order valence-corrected chi connectivity index (χ2v) is 12.0. The molecule has 7 nitrogen and oxygen atoms in total. The van der Waals surface area contributed by atoms with Crippen molar-refractivity contribution in [3.63, 3.8) is 0 Å². The summed E-state index contributed by atoms with van der Waals surface area (Å²) in [5.74, 6) is -0.270. The van der Waals surface area contributed by atoms with Crippen molar-refractivity contribution in [1.82, 2.24) is 14.5 Å². The normalized spacial score (nSPS) is 21.1. The zero-order chi connectivity index (χ0) is 29.1. The molecule has 0 amide bonds. The molecular weight excluding hydrogens is 571 g/mol. The number of benzene rings is 3. The molecule has 2 atom stereocenters. The largest absolute Gasteiger partial charge is 0.491 e. The van der Waals surface area contributed by atoms with E-state index in [1.807, 2.05) is 29.0 Å². The van der Waals surface area contributed by atoms with Crippen molar-refractivity contribution in [1.29, 1.82) is 0 Å². The summed E-state index contributed by atoms with van der Waals surface area (Å²) in [5, 5.41) is 1.05. The molecule has 3 aromatic carbocycles. The van der Waals surface area contributed by atoms with Gasteiger partial charge in [-0.1, -0.05) is 53.0 Å². The lowest BCUT2D eigenvalue weighted by Gasteiger charge is -2.36. The number of halogens is 2. The maximum atomic E-state index is 6.59. The molecule has 6 rings (SSSR count). The number of hydrogen-bond donors (Lipinski definition) is 0. The smallest absolute Gasteiger partial charge is 0.215 e. The van der Waals surface area contributed by atoms with Crippen LogP contribution in [0, 0.1) is 13.8 Å². The highest BCUT2D eigenvalue weighted by molar-refractivity contribution is 6.35. The van der Waals surface area contributed by atoms with E-state index in [2.05, 4.69) is 59.0 Å². The molecule has 0 saturated carbocycles. The van der Waals surface area contributed by atoms with Crippen LogP contribution >= 0.6 is 23.2 Å². The van der Waals surface area contributed by atoms with Crippen LogP contribution in [0.2, 0.25) is 10.0 Å². The van der Waals surface area contributed by atoms with Gasteiger partial charge in [-0.2, -0.15) is 0 Å². The highest BCUT2D eigenvalue weighted by Gasteiger charge is 2.45. The second-order valence-electron chi connectivity index (χ2n) is 11.2. The van der Waals surface area contributed by atoms with Crippen molar-refractivity contribution in [2.45, 2.75) is 38.8 Å². The molecule has 2 aliphatic heterocycles. The van der Waals surface area contributed by atoms with Crippen molar-refractivity contribution in [3.05, 3.63) is 112 Å². The lowest BCUT2D eigenvalue weighted by molar-refractivity contribution is -0.189. The van der Waals surface area contributed by atoms with Gasteiger partial charge in [0.1, 0.15) is 18.5 Å². The molecule has 2 fully saturated rings. The average Bonchev–Trinajstić information content (AvgIpc) is 3.65. The van der Waals surface area contributed by atoms with Crippen LogP contribution in [0.3, 0.4) is 0 Å². The third-order valence-electron chi connectivity index (χ3n) is 8.06. The first-order chi connectivity index (χ1) is 20.4. The molecule has 2 aliphatic rings. The molecule has 2 saturated heterocycles. The predicted molar refractivity (Wildman–Crippen MR) is 167 cm³/mol. The number of ether oxygens (including phenoxy) is 3. The molecule has 0 N–H and O–H groups in total. The molecular formula is C33H36Cl2N4O3. The Morgan fingerprint density at radius 2 is 1.79 bits per heavy atom. The SMILES string of the molecule is Cc1ccc(C)c(CN2CCN(c3ccc(OCC4COC(Cn5ccnc5)(c5ccc(Cl)cc5Cl)O4)cc3)CC2)c1. The third-order valence-corrected chi connectivity index (χ3v) is 8.61. The van der Waals surface area contributed by atoms with Crippen LogP contribution in [-0.2, 0) is 28.4 Å². The molecule has 0 aliphatic carbocycles.